The molecule has 0 aliphatic carbocycles. The van der Waals surface area contributed by atoms with Crippen molar-refractivity contribution in [1.29, 1.82) is 0 Å². The Bertz CT molecular complexity index is 634. The van der Waals surface area contributed by atoms with E-state index in [1.807, 2.05) is 0 Å². The molecule has 88 valence electrons. The molecule has 1 N–H and O–H groups in total. The number of hydrogen-bond donors (Lipinski definition) is 1. The molecule has 0 spiro atoms. The molecule has 1 aromatic heterocycles. The molecule has 0 amide bonds. The lowest BCUT2D eigenvalue weighted by atomic mass is 10.1. The third-order valence-electron chi connectivity index (χ3n) is 2.41. The van der Waals surface area contributed by atoms with Crippen molar-refractivity contribution < 1.29 is 9.31 Å². The van der Waals surface area contributed by atoms with Gasteiger partial charge in [-0.2, -0.15) is 0 Å². The third kappa shape index (κ3) is 2.14. The molecule has 0 bridgehead atoms. The van der Waals surface area contributed by atoms with Crippen LogP contribution in [0.15, 0.2) is 24.0 Å². The van der Waals surface area contributed by atoms with Crippen LogP contribution in [0, 0.1) is 15.9 Å². The van der Waals surface area contributed by atoms with Crippen LogP contribution in [0.3, 0.4) is 0 Å². The zero-order valence-corrected chi connectivity index (χ0v) is 9.58. The molecule has 2 rings (SSSR count). The summed E-state index contributed by atoms with van der Waals surface area (Å²) in [6.07, 6.45) is 2.96. The number of rotatable bonds is 2. The number of aromatic amines is 1. The first-order valence-electron chi connectivity index (χ1n) is 4.78. The van der Waals surface area contributed by atoms with Crippen molar-refractivity contribution in [2.24, 2.45) is 0 Å². The average Bonchev–Trinajstić information content (AvgIpc) is 2.62. The fraction of sp³-hybridized carbons (Fsp3) is 0.0909. The maximum atomic E-state index is 13.3. The second kappa shape index (κ2) is 4.18. The second-order valence-corrected chi connectivity index (χ2v) is 4.01. The highest BCUT2D eigenvalue weighted by Crippen LogP contribution is 2.26. The van der Waals surface area contributed by atoms with E-state index in [9.17, 15) is 14.5 Å². The number of benzene rings is 1. The van der Waals surface area contributed by atoms with Gasteiger partial charge in [-0.15, -0.1) is 0 Å². The molecule has 17 heavy (non-hydrogen) atoms. The van der Waals surface area contributed by atoms with Crippen LogP contribution in [0.4, 0.5) is 4.39 Å². The highest BCUT2D eigenvalue weighted by atomic mass is 35.5. The number of halogens is 2. The minimum Gasteiger partial charge on any atom is -0.361 e. The standard InChI is InChI=1S/C11H8ClFN2O2/c1-6(15(16)17)2-7-5-14-11-4-9(12)10(13)3-8(7)11/h2-5,14H,1H3/b6-2+. The summed E-state index contributed by atoms with van der Waals surface area (Å²) in [6, 6.07) is 2.71. The Hall–Kier alpha value is -1.88. The van der Waals surface area contributed by atoms with E-state index in [-0.39, 0.29) is 10.7 Å². The van der Waals surface area contributed by atoms with Gasteiger partial charge in [-0.05, 0) is 12.1 Å². The third-order valence-corrected chi connectivity index (χ3v) is 2.70. The van der Waals surface area contributed by atoms with Crippen LogP contribution < -0.4 is 0 Å². The molecule has 0 saturated carbocycles. The lowest BCUT2D eigenvalue weighted by Gasteiger charge is -1.96. The SMILES string of the molecule is C/C(=C\c1c[nH]c2cc(Cl)c(F)cc12)[N+](=O)[O-]. The Morgan fingerprint density at radius 1 is 1.59 bits per heavy atom. The molecular weight excluding hydrogens is 247 g/mol. The van der Waals surface area contributed by atoms with Gasteiger partial charge < -0.3 is 4.98 Å². The molecule has 0 unspecified atom stereocenters. The second-order valence-electron chi connectivity index (χ2n) is 3.60. The summed E-state index contributed by atoms with van der Waals surface area (Å²) in [5.74, 6) is -0.549. The summed E-state index contributed by atoms with van der Waals surface area (Å²) in [6.45, 7) is 1.38. The monoisotopic (exact) mass is 254 g/mol. The first kappa shape index (κ1) is 11.6. The summed E-state index contributed by atoms with van der Waals surface area (Å²) in [7, 11) is 0. The van der Waals surface area contributed by atoms with Gasteiger partial charge >= 0.3 is 0 Å². The van der Waals surface area contributed by atoms with Crippen LogP contribution in [0.2, 0.25) is 5.02 Å². The van der Waals surface area contributed by atoms with Crippen molar-refractivity contribution in [3.05, 3.63) is 50.5 Å². The first-order valence-corrected chi connectivity index (χ1v) is 5.15. The summed E-state index contributed by atoms with van der Waals surface area (Å²) in [5.41, 5.74) is 1.19. The topological polar surface area (TPSA) is 58.9 Å². The van der Waals surface area contributed by atoms with Gasteiger partial charge in [-0.1, -0.05) is 11.6 Å². The van der Waals surface area contributed by atoms with Crippen molar-refractivity contribution >= 4 is 28.6 Å². The molecule has 0 aliphatic heterocycles. The average molecular weight is 255 g/mol. The van der Waals surface area contributed by atoms with Crippen molar-refractivity contribution in [3.8, 4) is 0 Å². The lowest BCUT2D eigenvalue weighted by Crippen LogP contribution is -1.92. The van der Waals surface area contributed by atoms with Crippen molar-refractivity contribution in [2.45, 2.75) is 6.92 Å². The van der Waals surface area contributed by atoms with Gasteiger partial charge in [-0.3, -0.25) is 10.1 Å². The first-order chi connectivity index (χ1) is 7.99. The Morgan fingerprint density at radius 2 is 2.29 bits per heavy atom. The predicted octanol–water partition coefficient (Wildman–Crippen LogP) is 3.60. The lowest BCUT2D eigenvalue weighted by molar-refractivity contribution is -0.422. The summed E-state index contributed by atoms with van der Waals surface area (Å²) in [4.78, 5) is 12.9. The van der Waals surface area contributed by atoms with Crippen LogP contribution >= 0.6 is 11.6 Å². The molecule has 0 fully saturated rings. The number of aromatic nitrogens is 1. The van der Waals surface area contributed by atoms with Gasteiger partial charge in [-0.25, -0.2) is 4.39 Å². The van der Waals surface area contributed by atoms with E-state index in [1.165, 1.54) is 25.1 Å². The van der Waals surface area contributed by atoms with E-state index in [1.54, 1.807) is 6.20 Å². The molecule has 1 aromatic carbocycles. The minimum absolute atomic E-state index is 0.0127. The smallest absolute Gasteiger partial charge is 0.243 e. The van der Waals surface area contributed by atoms with Gasteiger partial charge in [0.25, 0.3) is 0 Å². The van der Waals surface area contributed by atoms with E-state index in [4.69, 9.17) is 11.6 Å². The highest BCUT2D eigenvalue weighted by Gasteiger charge is 2.09. The van der Waals surface area contributed by atoms with E-state index < -0.39 is 10.7 Å². The Balaban J connectivity index is 2.61. The number of fused-ring (bicyclic) bond motifs is 1. The van der Waals surface area contributed by atoms with Gasteiger partial charge in [0.2, 0.25) is 5.70 Å². The highest BCUT2D eigenvalue weighted by molar-refractivity contribution is 6.31. The van der Waals surface area contributed by atoms with Gasteiger partial charge in [0, 0.05) is 35.7 Å². The largest absolute Gasteiger partial charge is 0.361 e. The van der Waals surface area contributed by atoms with Crippen LogP contribution in [-0.2, 0) is 0 Å². The molecule has 0 radical (unpaired) electrons. The number of nitrogens with zero attached hydrogens (tertiary/aromatic N) is 1. The molecule has 1 heterocycles. The molecule has 2 aromatic rings. The molecule has 0 atom stereocenters. The van der Waals surface area contributed by atoms with Crippen LogP contribution in [-0.4, -0.2) is 9.91 Å². The predicted molar refractivity (Wildman–Crippen MR) is 63.9 cm³/mol. The molecule has 0 aliphatic rings. The summed E-state index contributed by atoms with van der Waals surface area (Å²) < 4.78 is 13.3. The molecular formula is C11H8ClFN2O2. The number of H-pyrrole nitrogens is 1. The van der Waals surface area contributed by atoms with E-state index >= 15 is 0 Å². The van der Waals surface area contributed by atoms with Crippen LogP contribution in [0.1, 0.15) is 12.5 Å². The Morgan fingerprint density at radius 3 is 2.94 bits per heavy atom. The number of hydrogen-bond acceptors (Lipinski definition) is 2. The zero-order chi connectivity index (χ0) is 12.6. The number of nitrogens with one attached hydrogen (secondary N) is 1. The van der Waals surface area contributed by atoms with E-state index in [0.717, 1.165) is 0 Å². The number of allylic oxidation sites excluding steroid dienone is 1. The van der Waals surface area contributed by atoms with Crippen molar-refractivity contribution in [3.63, 3.8) is 0 Å². The van der Waals surface area contributed by atoms with E-state index in [0.29, 0.717) is 16.5 Å². The molecule has 6 heteroatoms. The fourth-order valence-electron chi connectivity index (χ4n) is 1.54. The van der Waals surface area contributed by atoms with Gasteiger partial charge in [0.1, 0.15) is 5.82 Å². The quantitative estimate of drug-likeness (QED) is 0.657. The maximum absolute atomic E-state index is 13.3. The molecule has 4 nitrogen and oxygen atoms in total. The Labute approximate surface area is 101 Å². The maximum Gasteiger partial charge on any atom is 0.243 e. The summed E-state index contributed by atoms with van der Waals surface area (Å²) >= 11 is 5.63. The van der Waals surface area contributed by atoms with Crippen LogP contribution in [0.25, 0.3) is 17.0 Å². The number of nitro groups is 1. The summed E-state index contributed by atoms with van der Waals surface area (Å²) in [5, 5.41) is 11.1. The van der Waals surface area contributed by atoms with Crippen molar-refractivity contribution in [1.82, 2.24) is 4.98 Å². The van der Waals surface area contributed by atoms with Crippen LogP contribution in [0.5, 0.6) is 0 Å². The zero-order valence-electron chi connectivity index (χ0n) is 8.83. The van der Waals surface area contributed by atoms with E-state index in [2.05, 4.69) is 4.98 Å². The molecule has 0 saturated heterocycles. The normalized spacial score (nSPS) is 12.1. The fourth-order valence-corrected chi connectivity index (χ4v) is 1.70. The van der Waals surface area contributed by atoms with Gasteiger partial charge in [0.05, 0.1) is 9.95 Å². The van der Waals surface area contributed by atoms with Gasteiger partial charge in [0.15, 0.2) is 0 Å². The minimum atomic E-state index is -0.549. The Kier molecular flexibility index (Phi) is 2.85. The van der Waals surface area contributed by atoms with Crippen molar-refractivity contribution in [2.75, 3.05) is 0 Å².